The van der Waals surface area contributed by atoms with Crippen LogP contribution in [0.15, 0.2) is 47.4 Å². The number of fused-ring (bicyclic) bond motifs is 1. The second-order valence-electron chi connectivity index (χ2n) is 5.87. The molecular weight excluding hydrogens is 286 g/mol. The highest BCUT2D eigenvalue weighted by Gasteiger charge is 2.54. The van der Waals surface area contributed by atoms with Gasteiger partial charge in [-0.1, -0.05) is 12.1 Å². The molecule has 0 fully saturated rings. The maximum absolute atomic E-state index is 10.00. The predicted octanol–water partition coefficient (Wildman–Crippen LogP) is 2.46. The lowest BCUT2D eigenvalue weighted by Crippen LogP contribution is -2.47. The van der Waals surface area contributed by atoms with Crippen molar-refractivity contribution in [2.45, 2.75) is 24.7 Å². The Balaban J connectivity index is 2.36. The first-order chi connectivity index (χ1) is 11.2. The number of aromatic nitrogens is 1. The van der Waals surface area contributed by atoms with E-state index in [1.165, 1.54) is 0 Å². The van der Waals surface area contributed by atoms with E-state index in [1.807, 2.05) is 6.08 Å². The van der Waals surface area contributed by atoms with Crippen LogP contribution in [0.1, 0.15) is 24.8 Å². The summed E-state index contributed by atoms with van der Waals surface area (Å²) in [4.78, 5) is 4.07. The Labute approximate surface area is 135 Å². The van der Waals surface area contributed by atoms with E-state index in [2.05, 4.69) is 23.2 Å². The van der Waals surface area contributed by atoms with Crippen LogP contribution in [0.2, 0.25) is 0 Å². The van der Waals surface area contributed by atoms with Crippen LogP contribution >= 0.6 is 0 Å². The molecular formula is C18H15N5. The number of rotatable bonds is 1. The Bertz CT molecular complexity index is 816. The number of hydrogen-bond acceptors (Lipinski definition) is 5. The summed E-state index contributed by atoms with van der Waals surface area (Å²) in [6.07, 6.45) is 7.76. The molecule has 0 bridgehead atoms. The van der Waals surface area contributed by atoms with Crippen LogP contribution in [0.25, 0.3) is 0 Å². The smallest absolute Gasteiger partial charge is 0.140 e. The minimum absolute atomic E-state index is 0.143. The standard InChI is InChI=1S/C18H15N5/c19-8-15-13-5-1-2-6-14(13)16(9-20)18(11-21,17(15)22)12-4-3-7-23-10-12/h3-5,7,10,14,16H,1-2,6,22H2/t14-,16+,18+/m0/s1. The van der Waals surface area contributed by atoms with Gasteiger partial charge in [0.2, 0.25) is 0 Å². The molecule has 0 saturated carbocycles. The number of hydrogen-bond donors (Lipinski definition) is 1. The van der Waals surface area contributed by atoms with E-state index in [9.17, 15) is 15.8 Å². The van der Waals surface area contributed by atoms with Crippen molar-refractivity contribution in [1.82, 2.24) is 4.98 Å². The van der Waals surface area contributed by atoms with Gasteiger partial charge in [0.1, 0.15) is 11.5 Å². The van der Waals surface area contributed by atoms with Gasteiger partial charge in [-0.05, 0) is 36.5 Å². The molecule has 0 unspecified atom stereocenters. The SMILES string of the molecule is N#CC1=C(N)[C@](C#N)(c2cccnc2)[C@H](C#N)[C@H]2CCCC=C12. The molecule has 2 aliphatic carbocycles. The summed E-state index contributed by atoms with van der Waals surface area (Å²) in [5, 5.41) is 29.4. The van der Waals surface area contributed by atoms with E-state index in [1.54, 1.807) is 24.5 Å². The zero-order chi connectivity index (χ0) is 16.4. The highest BCUT2D eigenvalue weighted by molar-refractivity contribution is 5.60. The van der Waals surface area contributed by atoms with E-state index in [0.717, 1.165) is 24.8 Å². The van der Waals surface area contributed by atoms with Crippen molar-refractivity contribution >= 4 is 0 Å². The van der Waals surface area contributed by atoms with Crippen LogP contribution in [0.3, 0.4) is 0 Å². The third-order valence-corrected chi connectivity index (χ3v) is 4.88. The van der Waals surface area contributed by atoms with Gasteiger partial charge in [0.15, 0.2) is 0 Å². The topological polar surface area (TPSA) is 110 Å². The third-order valence-electron chi connectivity index (χ3n) is 4.88. The predicted molar refractivity (Wildman–Crippen MR) is 82.9 cm³/mol. The van der Waals surface area contributed by atoms with Crippen molar-refractivity contribution in [3.63, 3.8) is 0 Å². The largest absolute Gasteiger partial charge is 0.399 e. The van der Waals surface area contributed by atoms with Crippen molar-refractivity contribution in [2.75, 3.05) is 0 Å². The molecule has 5 heteroatoms. The number of nitriles is 3. The maximum atomic E-state index is 10.00. The minimum Gasteiger partial charge on any atom is -0.399 e. The van der Waals surface area contributed by atoms with Gasteiger partial charge in [-0.25, -0.2) is 0 Å². The molecule has 0 amide bonds. The molecule has 5 nitrogen and oxygen atoms in total. The monoisotopic (exact) mass is 301 g/mol. The van der Waals surface area contributed by atoms with Crippen molar-refractivity contribution in [3.8, 4) is 18.2 Å². The number of pyridine rings is 1. The van der Waals surface area contributed by atoms with Crippen LogP contribution in [-0.2, 0) is 5.41 Å². The van der Waals surface area contributed by atoms with Gasteiger partial charge in [0.25, 0.3) is 0 Å². The zero-order valence-corrected chi connectivity index (χ0v) is 12.5. The molecule has 0 radical (unpaired) electrons. The maximum Gasteiger partial charge on any atom is 0.140 e. The third kappa shape index (κ3) is 1.93. The molecule has 2 aliphatic rings. The Morgan fingerprint density at radius 3 is 2.74 bits per heavy atom. The van der Waals surface area contributed by atoms with E-state index >= 15 is 0 Å². The van der Waals surface area contributed by atoms with Gasteiger partial charge in [0, 0.05) is 18.3 Å². The van der Waals surface area contributed by atoms with Crippen LogP contribution in [-0.4, -0.2) is 4.98 Å². The normalized spacial score (nSPS) is 29.5. The second kappa shape index (κ2) is 5.59. The first-order valence-electron chi connectivity index (χ1n) is 7.52. The van der Waals surface area contributed by atoms with Crippen LogP contribution in [0.5, 0.6) is 0 Å². The van der Waals surface area contributed by atoms with Gasteiger partial charge in [-0.3, -0.25) is 4.98 Å². The summed E-state index contributed by atoms with van der Waals surface area (Å²) >= 11 is 0. The highest BCUT2D eigenvalue weighted by Crippen LogP contribution is 2.52. The van der Waals surface area contributed by atoms with E-state index in [-0.39, 0.29) is 11.6 Å². The highest BCUT2D eigenvalue weighted by atomic mass is 14.7. The lowest BCUT2D eigenvalue weighted by atomic mass is 9.56. The summed E-state index contributed by atoms with van der Waals surface area (Å²) in [5.41, 5.74) is 6.90. The molecule has 0 spiro atoms. The fourth-order valence-corrected chi connectivity index (χ4v) is 3.79. The summed E-state index contributed by atoms with van der Waals surface area (Å²) in [5.74, 6) is -0.768. The Morgan fingerprint density at radius 1 is 1.30 bits per heavy atom. The average Bonchev–Trinajstić information content (AvgIpc) is 2.61. The molecule has 2 N–H and O–H groups in total. The molecule has 1 heterocycles. The number of nitrogens with zero attached hydrogens (tertiary/aromatic N) is 4. The van der Waals surface area contributed by atoms with Crippen molar-refractivity contribution in [1.29, 1.82) is 15.8 Å². The van der Waals surface area contributed by atoms with Crippen LogP contribution < -0.4 is 5.73 Å². The Morgan fingerprint density at radius 2 is 2.13 bits per heavy atom. The van der Waals surface area contributed by atoms with Gasteiger partial charge in [-0.2, -0.15) is 15.8 Å². The van der Waals surface area contributed by atoms with Gasteiger partial charge in [-0.15, -0.1) is 0 Å². The van der Waals surface area contributed by atoms with Crippen LogP contribution in [0.4, 0.5) is 0 Å². The van der Waals surface area contributed by atoms with E-state index in [4.69, 9.17) is 5.73 Å². The molecule has 1 aromatic rings. The Kier molecular flexibility index (Phi) is 3.61. The minimum atomic E-state index is -1.33. The van der Waals surface area contributed by atoms with E-state index in [0.29, 0.717) is 11.1 Å². The molecule has 0 aliphatic heterocycles. The summed E-state index contributed by atoms with van der Waals surface area (Å²) in [7, 11) is 0. The molecule has 112 valence electrons. The van der Waals surface area contributed by atoms with Crippen molar-refractivity contribution in [2.24, 2.45) is 17.6 Å². The zero-order valence-electron chi connectivity index (χ0n) is 12.5. The Hall–Kier alpha value is -3.10. The van der Waals surface area contributed by atoms with Crippen LogP contribution in [0, 0.1) is 45.8 Å². The lowest BCUT2D eigenvalue weighted by Gasteiger charge is -2.43. The van der Waals surface area contributed by atoms with Gasteiger partial charge >= 0.3 is 0 Å². The molecule has 1 aromatic heterocycles. The molecule has 3 atom stereocenters. The average molecular weight is 301 g/mol. The lowest BCUT2D eigenvalue weighted by molar-refractivity contribution is 0.312. The number of nitrogens with two attached hydrogens (primary N) is 1. The molecule has 3 rings (SSSR count). The van der Waals surface area contributed by atoms with E-state index < -0.39 is 11.3 Å². The first-order valence-corrected chi connectivity index (χ1v) is 7.52. The summed E-state index contributed by atoms with van der Waals surface area (Å²) in [6.45, 7) is 0. The van der Waals surface area contributed by atoms with Crippen molar-refractivity contribution in [3.05, 3.63) is 53.0 Å². The quantitative estimate of drug-likeness (QED) is 0.856. The van der Waals surface area contributed by atoms with Gasteiger partial charge < -0.3 is 5.73 Å². The van der Waals surface area contributed by atoms with Crippen molar-refractivity contribution < 1.29 is 0 Å². The fourth-order valence-electron chi connectivity index (χ4n) is 3.79. The fraction of sp³-hybridized carbons (Fsp3) is 0.333. The molecule has 0 aromatic carbocycles. The summed E-state index contributed by atoms with van der Waals surface area (Å²) < 4.78 is 0. The molecule has 23 heavy (non-hydrogen) atoms. The first kappa shape index (κ1) is 14.8. The van der Waals surface area contributed by atoms with Gasteiger partial charge in [0.05, 0.1) is 29.3 Å². The second-order valence-corrected chi connectivity index (χ2v) is 5.87. The number of allylic oxidation sites excluding steroid dienone is 4. The molecule has 0 saturated heterocycles. The summed E-state index contributed by atoms with van der Waals surface area (Å²) in [6, 6.07) is 10.2.